The van der Waals surface area contributed by atoms with E-state index in [1.807, 2.05) is 13.1 Å². The van der Waals surface area contributed by atoms with E-state index in [9.17, 15) is 9.59 Å². The molecule has 1 spiro atoms. The van der Waals surface area contributed by atoms with Gasteiger partial charge in [-0.25, -0.2) is 4.79 Å². The molecule has 43 heavy (non-hydrogen) atoms. The summed E-state index contributed by atoms with van der Waals surface area (Å²) in [6.45, 7) is 5.69. The first-order valence-corrected chi connectivity index (χ1v) is 17.6. The summed E-state index contributed by atoms with van der Waals surface area (Å²) < 4.78 is 11.7. The number of hydrogen-bond donors (Lipinski definition) is 0. The zero-order chi connectivity index (χ0) is 29.8. The summed E-state index contributed by atoms with van der Waals surface area (Å²) in [6, 6.07) is 1.01. The van der Waals surface area contributed by atoms with E-state index in [1.165, 1.54) is 25.0 Å². The molecule has 2 aliphatic carbocycles. The van der Waals surface area contributed by atoms with E-state index < -0.39 is 5.60 Å². The Labute approximate surface area is 261 Å². The van der Waals surface area contributed by atoms with Crippen LogP contribution in [0, 0.1) is 23.7 Å². The number of rotatable bonds is 9. The molecule has 6 nitrogen and oxygen atoms in total. The van der Waals surface area contributed by atoms with Crippen LogP contribution in [0.15, 0.2) is 52.1 Å². The molecule has 0 N–H and O–H groups in total. The molecule has 0 saturated carbocycles. The van der Waals surface area contributed by atoms with Gasteiger partial charge in [0.15, 0.2) is 5.60 Å². The lowest BCUT2D eigenvalue weighted by molar-refractivity contribution is -0.148. The monoisotopic (exact) mass is 602 g/mol. The number of piperidine rings is 1. The fourth-order valence-corrected chi connectivity index (χ4v) is 9.77. The molecule has 0 aromatic carbocycles. The van der Waals surface area contributed by atoms with E-state index in [2.05, 4.69) is 59.7 Å². The van der Waals surface area contributed by atoms with Crippen molar-refractivity contribution in [3.8, 4) is 11.8 Å². The number of carbonyl (C=O) groups excluding carboxylic acids is 2. The number of nitrogens with zero attached hydrogens (tertiary/aromatic N) is 2. The minimum absolute atomic E-state index is 0.0902. The quantitative estimate of drug-likeness (QED) is 0.100. The van der Waals surface area contributed by atoms with Gasteiger partial charge in [-0.2, -0.15) is 11.8 Å². The first-order valence-electron chi connectivity index (χ1n) is 16.5. The van der Waals surface area contributed by atoms with Crippen LogP contribution in [-0.4, -0.2) is 70.9 Å². The van der Waals surface area contributed by atoms with Crippen LogP contribution in [0.4, 0.5) is 0 Å². The third-order valence-corrected chi connectivity index (χ3v) is 11.8. The second kappa shape index (κ2) is 13.6. The minimum Gasteiger partial charge on any atom is -0.461 e. The number of esters is 2. The van der Waals surface area contributed by atoms with Crippen molar-refractivity contribution in [2.45, 2.75) is 113 Å². The normalized spacial score (nSPS) is 34.8. The Morgan fingerprint density at radius 1 is 1.33 bits per heavy atom. The lowest BCUT2D eigenvalue weighted by atomic mass is 9.77. The van der Waals surface area contributed by atoms with Crippen LogP contribution in [0.2, 0.25) is 0 Å². The van der Waals surface area contributed by atoms with Crippen LogP contribution >= 0.6 is 11.8 Å². The molecule has 0 aromatic heterocycles. The maximum absolute atomic E-state index is 12.5. The number of fused-ring (bicyclic) bond motifs is 3. The molecule has 7 heteroatoms. The number of hydrogen-bond acceptors (Lipinski definition) is 7. The zero-order valence-corrected chi connectivity index (χ0v) is 26.6. The van der Waals surface area contributed by atoms with E-state index >= 15 is 0 Å². The number of carbonyl (C=O) groups is 2. The van der Waals surface area contributed by atoms with Crippen LogP contribution in [0.3, 0.4) is 0 Å². The molecule has 4 heterocycles. The molecular formula is C36H46N2O4S. The van der Waals surface area contributed by atoms with Gasteiger partial charge in [0, 0.05) is 47.3 Å². The average Bonchev–Trinajstić information content (AvgIpc) is 3.58. The summed E-state index contributed by atoms with van der Waals surface area (Å²) in [6.07, 6.45) is 23.0. The lowest BCUT2D eigenvalue weighted by Crippen LogP contribution is -2.48. The van der Waals surface area contributed by atoms with E-state index in [0.29, 0.717) is 36.3 Å². The van der Waals surface area contributed by atoms with E-state index in [-0.39, 0.29) is 23.9 Å². The Kier molecular flexibility index (Phi) is 9.64. The van der Waals surface area contributed by atoms with Crippen molar-refractivity contribution in [1.29, 1.82) is 0 Å². The highest BCUT2D eigenvalue weighted by molar-refractivity contribution is 8.00. The standard InChI is InChI=1S/C36H46N2O4S/c1-3-27-24-43-31(35(27)37-4-2)12-5-6-14-33(39)41-23-26-11-9-10-25(15-16-26)17-18-28-20-29-22-36(30(28)21-34(40)42-36)32-13-7-8-19-38(29)32/h4,9-10,16,20-21,25,27,29,31-32,35H,3,5-8,11-15,19,22-24H2,1-2H3. The molecule has 0 radical (unpaired) electrons. The number of aliphatic imine (C=N–C) groups is 1. The molecule has 7 atom stereocenters. The van der Waals surface area contributed by atoms with Crippen molar-refractivity contribution in [2.24, 2.45) is 16.8 Å². The smallest absolute Gasteiger partial charge is 0.332 e. The Bertz CT molecular complexity index is 1300. The molecular weight excluding hydrogens is 556 g/mol. The van der Waals surface area contributed by atoms with Crippen molar-refractivity contribution in [3.63, 3.8) is 0 Å². The van der Waals surface area contributed by atoms with Gasteiger partial charge in [-0.3, -0.25) is 14.7 Å². The van der Waals surface area contributed by atoms with Crippen LogP contribution in [0.1, 0.15) is 84.5 Å². The van der Waals surface area contributed by atoms with Gasteiger partial charge >= 0.3 is 11.9 Å². The number of allylic oxidation sites excluding steroid dienone is 3. The highest BCUT2D eigenvalue weighted by atomic mass is 32.2. The average molecular weight is 603 g/mol. The van der Waals surface area contributed by atoms with E-state index in [0.717, 1.165) is 68.2 Å². The largest absolute Gasteiger partial charge is 0.461 e. The predicted molar refractivity (Wildman–Crippen MR) is 173 cm³/mol. The van der Waals surface area contributed by atoms with Crippen molar-refractivity contribution in [2.75, 3.05) is 18.9 Å². The van der Waals surface area contributed by atoms with Gasteiger partial charge in [-0.15, -0.1) is 0 Å². The summed E-state index contributed by atoms with van der Waals surface area (Å²) in [5.41, 5.74) is 2.59. The van der Waals surface area contributed by atoms with Gasteiger partial charge in [0.25, 0.3) is 0 Å². The molecule has 6 rings (SSSR count). The van der Waals surface area contributed by atoms with Crippen molar-refractivity contribution >= 4 is 29.9 Å². The fraction of sp³-hybridized carbons (Fsp3) is 0.639. The van der Waals surface area contributed by atoms with E-state index in [4.69, 9.17) is 14.5 Å². The first kappa shape index (κ1) is 30.5. The maximum Gasteiger partial charge on any atom is 0.332 e. The third-order valence-electron chi connectivity index (χ3n) is 10.2. The molecule has 4 aliphatic heterocycles. The molecule has 6 aliphatic rings. The molecule has 0 amide bonds. The summed E-state index contributed by atoms with van der Waals surface area (Å²) in [5, 5.41) is 0.578. The van der Waals surface area contributed by atoms with Crippen LogP contribution in [0.5, 0.6) is 0 Å². The summed E-state index contributed by atoms with van der Waals surface area (Å²) in [4.78, 5) is 32.2. The predicted octanol–water partition coefficient (Wildman–Crippen LogP) is 6.38. The zero-order valence-electron chi connectivity index (χ0n) is 25.8. The Balaban J connectivity index is 0.972. The third kappa shape index (κ3) is 6.47. The molecule has 3 saturated heterocycles. The fourth-order valence-electron chi connectivity index (χ4n) is 8.02. The number of thioether (sulfide) groups is 1. The highest BCUT2D eigenvalue weighted by Gasteiger charge is 2.61. The Hall–Kier alpha value is -2.56. The van der Waals surface area contributed by atoms with Crippen LogP contribution < -0.4 is 0 Å². The topological polar surface area (TPSA) is 68.2 Å². The number of unbranched alkanes of at least 4 members (excludes halogenated alkanes) is 1. The van der Waals surface area contributed by atoms with Gasteiger partial charge in [0.05, 0.1) is 12.1 Å². The molecule has 3 fully saturated rings. The van der Waals surface area contributed by atoms with Gasteiger partial charge < -0.3 is 9.47 Å². The van der Waals surface area contributed by atoms with Gasteiger partial charge in [0.2, 0.25) is 0 Å². The molecule has 230 valence electrons. The number of ether oxygens (including phenoxy) is 2. The van der Waals surface area contributed by atoms with E-state index in [1.54, 1.807) is 6.08 Å². The Morgan fingerprint density at radius 3 is 3.09 bits per heavy atom. The van der Waals surface area contributed by atoms with Crippen molar-refractivity contribution < 1.29 is 19.1 Å². The van der Waals surface area contributed by atoms with Crippen molar-refractivity contribution in [3.05, 3.63) is 47.1 Å². The second-order valence-electron chi connectivity index (χ2n) is 12.9. The van der Waals surface area contributed by atoms with Gasteiger partial charge in [-0.05, 0) is 75.5 Å². The first-order chi connectivity index (χ1) is 21.0. The van der Waals surface area contributed by atoms with Crippen LogP contribution in [-0.2, 0) is 19.1 Å². The highest BCUT2D eigenvalue weighted by Crippen LogP contribution is 2.53. The Morgan fingerprint density at radius 2 is 2.23 bits per heavy atom. The minimum atomic E-state index is -0.503. The summed E-state index contributed by atoms with van der Waals surface area (Å²) in [5.74, 6) is 8.57. The maximum atomic E-state index is 12.5. The second-order valence-corrected chi connectivity index (χ2v) is 14.2. The van der Waals surface area contributed by atoms with Gasteiger partial charge in [-0.1, -0.05) is 62.3 Å². The lowest BCUT2D eigenvalue weighted by Gasteiger charge is -2.38. The SMILES string of the molecule is CC=NC1C(CC)CSC1CCCCC(=O)OCC1=CCC(C#CC2=CC3CC4(OC(=O)C=C24)C2CCCCN32)C=CC1. The summed E-state index contributed by atoms with van der Waals surface area (Å²) >= 11 is 2.06. The summed E-state index contributed by atoms with van der Waals surface area (Å²) in [7, 11) is 0. The van der Waals surface area contributed by atoms with Crippen molar-refractivity contribution in [1.82, 2.24) is 4.90 Å². The molecule has 7 unspecified atom stereocenters. The van der Waals surface area contributed by atoms with Gasteiger partial charge in [0.1, 0.15) is 6.61 Å². The molecule has 0 aromatic rings. The van der Waals surface area contributed by atoms with Crippen LogP contribution in [0.25, 0.3) is 0 Å². The molecule has 2 bridgehead atoms.